The number of aliphatic hydroxyl groups is 1. The van der Waals surface area contributed by atoms with Gasteiger partial charge in [-0.3, -0.25) is 0 Å². The summed E-state index contributed by atoms with van der Waals surface area (Å²) in [5.41, 5.74) is 1.01. The Morgan fingerprint density at radius 2 is 2.00 bits per heavy atom. The van der Waals surface area contributed by atoms with E-state index < -0.39 is 0 Å². The normalized spacial score (nSPS) is 13.0. The Morgan fingerprint density at radius 1 is 1.33 bits per heavy atom. The van der Waals surface area contributed by atoms with E-state index in [2.05, 4.69) is 34.7 Å². The lowest BCUT2D eigenvalue weighted by atomic mass is 10.1. The standard InChI is InChI=1S/C14H21BrClNO/c1-3-17(4-2)8-7-13(18)9-11-5-6-12(15)10-14(11)16/h5-6,10,13,18H,3-4,7-9H2,1-2H3. The Kier molecular flexibility index (Phi) is 7.23. The molecule has 0 aliphatic heterocycles. The number of hydrogen-bond donors (Lipinski definition) is 1. The summed E-state index contributed by atoms with van der Waals surface area (Å²) in [5.74, 6) is 0. The highest BCUT2D eigenvalue weighted by molar-refractivity contribution is 9.10. The minimum atomic E-state index is -0.329. The molecular weight excluding hydrogens is 314 g/mol. The summed E-state index contributed by atoms with van der Waals surface area (Å²) < 4.78 is 0.967. The van der Waals surface area contributed by atoms with Crippen LogP contribution in [0.25, 0.3) is 0 Å². The van der Waals surface area contributed by atoms with Gasteiger partial charge in [0.25, 0.3) is 0 Å². The van der Waals surface area contributed by atoms with Crippen LogP contribution in [-0.2, 0) is 6.42 Å². The molecule has 0 heterocycles. The first-order valence-corrected chi connectivity index (χ1v) is 7.58. The van der Waals surface area contributed by atoms with E-state index in [0.29, 0.717) is 11.4 Å². The number of aliphatic hydroxyl groups excluding tert-OH is 1. The Balaban J connectivity index is 2.46. The highest BCUT2D eigenvalue weighted by atomic mass is 79.9. The van der Waals surface area contributed by atoms with Crippen LogP contribution in [0.5, 0.6) is 0 Å². The minimum Gasteiger partial charge on any atom is -0.393 e. The number of hydrogen-bond acceptors (Lipinski definition) is 2. The van der Waals surface area contributed by atoms with E-state index in [-0.39, 0.29) is 6.10 Å². The molecule has 18 heavy (non-hydrogen) atoms. The van der Waals surface area contributed by atoms with Gasteiger partial charge < -0.3 is 10.0 Å². The molecule has 0 spiro atoms. The molecule has 4 heteroatoms. The Bertz CT molecular complexity index is 369. The van der Waals surface area contributed by atoms with Crippen LogP contribution in [0.15, 0.2) is 22.7 Å². The van der Waals surface area contributed by atoms with Crippen molar-refractivity contribution in [3.8, 4) is 0 Å². The number of benzene rings is 1. The van der Waals surface area contributed by atoms with Gasteiger partial charge in [-0.05, 0) is 43.6 Å². The molecule has 0 amide bonds. The van der Waals surface area contributed by atoms with Gasteiger partial charge in [-0.2, -0.15) is 0 Å². The molecule has 0 aliphatic carbocycles. The van der Waals surface area contributed by atoms with Crippen molar-refractivity contribution in [1.82, 2.24) is 4.90 Å². The van der Waals surface area contributed by atoms with Gasteiger partial charge in [0.2, 0.25) is 0 Å². The molecule has 0 aliphatic rings. The summed E-state index contributed by atoms with van der Waals surface area (Å²) in [6, 6.07) is 5.79. The zero-order valence-corrected chi connectivity index (χ0v) is 13.3. The van der Waals surface area contributed by atoms with Gasteiger partial charge in [0.05, 0.1) is 6.10 Å². The molecule has 1 aromatic carbocycles. The molecule has 1 N–H and O–H groups in total. The number of halogens is 2. The van der Waals surface area contributed by atoms with Crippen LogP contribution in [0.1, 0.15) is 25.8 Å². The van der Waals surface area contributed by atoms with E-state index in [9.17, 15) is 5.11 Å². The molecule has 2 nitrogen and oxygen atoms in total. The molecule has 1 aromatic rings. The van der Waals surface area contributed by atoms with E-state index in [0.717, 1.165) is 36.1 Å². The predicted molar refractivity (Wildman–Crippen MR) is 81.3 cm³/mol. The third-order valence-electron chi connectivity index (χ3n) is 3.14. The number of nitrogens with zero attached hydrogens (tertiary/aromatic N) is 1. The Labute approximate surface area is 123 Å². The first-order chi connectivity index (χ1) is 8.56. The van der Waals surface area contributed by atoms with Crippen LogP contribution in [0.3, 0.4) is 0 Å². The molecule has 0 saturated heterocycles. The summed E-state index contributed by atoms with van der Waals surface area (Å²) in [6.07, 6.45) is 1.07. The fraction of sp³-hybridized carbons (Fsp3) is 0.571. The quantitative estimate of drug-likeness (QED) is 0.821. The van der Waals surface area contributed by atoms with Crippen LogP contribution in [0.4, 0.5) is 0 Å². The van der Waals surface area contributed by atoms with E-state index in [1.54, 1.807) is 0 Å². The molecule has 1 unspecified atom stereocenters. The smallest absolute Gasteiger partial charge is 0.0593 e. The van der Waals surface area contributed by atoms with Crippen molar-refractivity contribution in [1.29, 1.82) is 0 Å². The predicted octanol–water partition coefficient (Wildman–Crippen LogP) is 3.74. The molecule has 102 valence electrons. The zero-order chi connectivity index (χ0) is 13.5. The highest BCUT2D eigenvalue weighted by Gasteiger charge is 2.10. The van der Waals surface area contributed by atoms with Crippen LogP contribution in [0.2, 0.25) is 5.02 Å². The Morgan fingerprint density at radius 3 is 2.56 bits per heavy atom. The second-order valence-corrected chi connectivity index (χ2v) is 5.73. The van der Waals surface area contributed by atoms with Crippen molar-refractivity contribution in [3.05, 3.63) is 33.3 Å². The molecule has 1 rings (SSSR count). The average molecular weight is 335 g/mol. The molecule has 0 saturated carbocycles. The minimum absolute atomic E-state index is 0.329. The summed E-state index contributed by atoms with van der Waals surface area (Å²) >= 11 is 9.52. The molecule has 0 fully saturated rings. The summed E-state index contributed by atoms with van der Waals surface area (Å²) in [4.78, 5) is 2.31. The van der Waals surface area contributed by atoms with Gasteiger partial charge >= 0.3 is 0 Å². The fourth-order valence-corrected chi connectivity index (χ4v) is 2.67. The first kappa shape index (κ1) is 16.0. The van der Waals surface area contributed by atoms with Crippen molar-refractivity contribution < 1.29 is 5.11 Å². The lowest BCUT2D eigenvalue weighted by molar-refractivity contribution is 0.144. The second kappa shape index (κ2) is 8.16. The van der Waals surface area contributed by atoms with Crippen LogP contribution in [-0.4, -0.2) is 35.7 Å². The third-order valence-corrected chi connectivity index (χ3v) is 3.99. The van der Waals surface area contributed by atoms with E-state index in [4.69, 9.17) is 11.6 Å². The maximum absolute atomic E-state index is 10.0. The van der Waals surface area contributed by atoms with Crippen molar-refractivity contribution in [2.45, 2.75) is 32.8 Å². The van der Waals surface area contributed by atoms with Crippen molar-refractivity contribution in [3.63, 3.8) is 0 Å². The maximum Gasteiger partial charge on any atom is 0.0593 e. The van der Waals surface area contributed by atoms with Gasteiger partial charge in [-0.25, -0.2) is 0 Å². The van der Waals surface area contributed by atoms with E-state index in [1.165, 1.54) is 0 Å². The third kappa shape index (κ3) is 5.27. The van der Waals surface area contributed by atoms with Gasteiger partial charge in [0, 0.05) is 16.0 Å². The highest BCUT2D eigenvalue weighted by Crippen LogP contribution is 2.22. The average Bonchev–Trinajstić information content (AvgIpc) is 2.34. The lowest BCUT2D eigenvalue weighted by Crippen LogP contribution is -2.27. The molecule has 1 atom stereocenters. The van der Waals surface area contributed by atoms with Crippen molar-refractivity contribution in [2.24, 2.45) is 0 Å². The Hall–Kier alpha value is -0.0900. The maximum atomic E-state index is 10.0. The zero-order valence-electron chi connectivity index (χ0n) is 11.0. The fourth-order valence-electron chi connectivity index (χ4n) is 1.91. The SMILES string of the molecule is CCN(CC)CCC(O)Cc1ccc(Br)cc1Cl. The van der Waals surface area contributed by atoms with Gasteiger partial charge in [0.1, 0.15) is 0 Å². The summed E-state index contributed by atoms with van der Waals surface area (Å²) in [6.45, 7) is 7.27. The van der Waals surface area contributed by atoms with E-state index >= 15 is 0 Å². The summed E-state index contributed by atoms with van der Waals surface area (Å²) in [7, 11) is 0. The number of rotatable bonds is 7. The van der Waals surface area contributed by atoms with Gasteiger partial charge in [-0.1, -0.05) is 47.4 Å². The van der Waals surface area contributed by atoms with Crippen LogP contribution in [0, 0.1) is 0 Å². The van der Waals surface area contributed by atoms with Gasteiger partial charge in [-0.15, -0.1) is 0 Å². The van der Waals surface area contributed by atoms with Crippen LogP contribution < -0.4 is 0 Å². The molecule has 0 bridgehead atoms. The molecule has 0 aromatic heterocycles. The van der Waals surface area contributed by atoms with E-state index in [1.807, 2.05) is 18.2 Å². The first-order valence-electron chi connectivity index (χ1n) is 6.41. The van der Waals surface area contributed by atoms with Crippen LogP contribution >= 0.6 is 27.5 Å². The lowest BCUT2D eigenvalue weighted by Gasteiger charge is -2.20. The second-order valence-electron chi connectivity index (χ2n) is 4.41. The molecular formula is C14H21BrClNO. The van der Waals surface area contributed by atoms with Gasteiger partial charge in [0.15, 0.2) is 0 Å². The topological polar surface area (TPSA) is 23.5 Å². The van der Waals surface area contributed by atoms with Crippen molar-refractivity contribution in [2.75, 3.05) is 19.6 Å². The largest absolute Gasteiger partial charge is 0.393 e. The monoisotopic (exact) mass is 333 g/mol. The van der Waals surface area contributed by atoms with Crippen molar-refractivity contribution >= 4 is 27.5 Å². The summed E-state index contributed by atoms with van der Waals surface area (Å²) in [5, 5.41) is 10.8. The molecule has 0 radical (unpaired) electrons.